The second-order valence-corrected chi connectivity index (χ2v) is 8.44. The van der Waals surface area contributed by atoms with Crippen LogP contribution >= 0.6 is 15.9 Å². The number of nitrogens with zero attached hydrogens (tertiary/aromatic N) is 2. The molecule has 2 N–H and O–H groups in total. The van der Waals surface area contributed by atoms with E-state index in [1.807, 2.05) is 18.2 Å². The van der Waals surface area contributed by atoms with Gasteiger partial charge in [0.2, 0.25) is 0 Å². The normalized spacial score (nSPS) is 18.6. The molecule has 1 fully saturated rings. The smallest absolute Gasteiger partial charge is 0.152 e. The van der Waals surface area contributed by atoms with Crippen LogP contribution in [0.1, 0.15) is 6.42 Å². The highest BCUT2D eigenvalue weighted by Gasteiger charge is 2.22. The van der Waals surface area contributed by atoms with Crippen molar-refractivity contribution >= 4 is 48.0 Å². The number of anilines is 2. The van der Waals surface area contributed by atoms with Crippen molar-refractivity contribution in [3.63, 3.8) is 0 Å². The van der Waals surface area contributed by atoms with Crippen molar-refractivity contribution in [3.05, 3.63) is 28.9 Å². The minimum absolute atomic E-state index is 0.171. The van der Waals surface area contributed by atoms with E-state index < -0.39 is 9.84 Å². The molecule has 3 rings (SSSR count). The highest BCUT2D eigenvalue weighted by atomic mass is 79.9. The number of halogens is 1. The molecule has 21 heavy (non-hydrogen) atoms. The number of sulfone groups is 1. The molecule has 1 aromatic carbocycles. The zero-order valence-corrected chi connectivity index (χ0v) is 13.8. The lowest BCUT2D eigenvalue weighted by Crippen LogP contribution is -2.27. The third-order valence-corrected chi connectivity index (χ3v) is 5.91. The molecule has 0 saturated carbocycles. The van der Waals surface area contributed by atoms with E-state index in [0.29, 0.717) is 25.2 Å². The number of aromatic nitrogens is 1. The Bertz CT molecular complexity index is 787. The molecule has 7 heteroatoms. The van der Waals surface area contributed by atoms with E-state index in [-0.39, 0.29) is 11.5 Å². The van der Waals surface area contributed by atoms with E-state index in [0.717, 1.165) is 21.1 Å². The number of hydrogen-bond donors (Lipinski definition) is 1. The van der Waals surface area contributed by atoms with Crippen LogP contribution in [0.4, 0.5) is 11.4 Å². The Kier molecular flexibility index (Phi) is 3.79. The van der Waals surface area contributed by atoms with Gasteiger partial charge in [-0.1, -0.05) is 15.9 Å². The zero-order valence-electron chi connectivity index (χ0n) is 11.4. The van der Waals surface area contributed by atoms with Crippen molar-refractivity contribution in [2.24, 2.45) is 0 Å². The summed E-state index contributed by atoms with van der Waals surface area (Å²) >= 11 is 3.47. The Balaban J connectivity index is 2.10. The van der Waals surface area contributed by atoms with Gasteiger partial charge in [-0.25, -0.2) is 8.42 Å². The standard InChI is InChI=1S/C14H16BrN3O2S/c15-10-2-3-13-11(8-10)14(12(16)9-17-13)18-4-1-6-21(19,20)7-5-18/h2-3,8-9H,1,4-7,16H2. The number of fused-ring (bicyclic) bond motifs is 1. The van der Waals surface area contributed by atoms with E-state index in [9.17, 15) is 8.42 Å². The van der Waals surface area contributed by atoms with Crippen LogP contribution in [-0.4, -0.2) is 38.0 Å². The van der Waals surface area contributed by atoms with Gasteiger partial charge >= 0.3 is 0 Å². The first-order valence-electron chi connectivity index (χ1n) is 6.75. The summed E-state index contributed by atoms with van der Waals surface area (Å²) in [5.74, 6) is 0.417. The SMILES string of the molecule is Nc1cnc2ccc(Br)cc2c1N1CCCS(=O)(=O)CC1. The first kappa shape index (κ1) is 14.6. The molecule has 0 bridgehead atoms. The quantitative estimate of drug-likeness (QED) is 0.833. The van der Waals surface area contributed by atoms with Crippen molar-refractivity contribution in [2.75, 3.05) is 35.2 Å². The summed E-state index contributed by atoms with van der Waals surface area (Å²) in [7, 11) is -2.94. The highest BCUT2D eigenvalue weighted by molar-refractivity contribution is 9.10. The third-order valence-electron chi connectivity index (χ3n) is 3.70. The van der Waals surface area contributed by atoms with Gasteiger partial charge in [-0.2, -0.15) is 0 Å². The van der Waals surface area contributed by atoms with E-state index in [2.05, 4.69) is 25.8 Å². The van der Waals surface area contributed by atoms with E-state index in [1.165, 1.54) is 0 Å². The molecule has 0 aliphatic carbocycles. The molecule has 5 nitrogen and oxygen atoms in total. The molecular formula is C14H16BrN3O2S. The Labute approximate surface area is 132 Å². The van der Waals surface area contributed by atoms with Crippen LogP contribution in [0.5, 0.6) is 0 Å². The molecule has 0 radical (unpaired) electrons. The monoisotopic (exact) mass is 369 g/mol. The fourth-order valence-electron chi connectivity index (χ4n) is 2.68. The van der Waals surface area contributed by atoms with Crippen molar-refractivity contribution in [3.8, 4) is 0 Å². The highest BCUT2D eigenvalue weighted by Crippen LogP contribution is 2.33. The lowest BCUT2D eigenvalue weighted by molar-refractivity contribution is 0.597. The predicted molar refractivity (Wildman–Crippen MR) is 89.3 cm³/mol. The number of rotatable bonds is 1. The van der Waals surface area contributed by atoms with Gasteiger partial charge in [0, 0.05) is 22.9 Å². The maximum atomic E-state index is 11.8. The van der Waals surface area contributed by atoms with Gasteiger partial charge in [0.1, 0.15) is 0 Å². The summed E-state index contributed by atoms with van der Waals surface area (Å²) < 4.78 is 24.5. The lowest BCUT2D eigenvalue weighted by Gasteiger charge is -2.25. The molecule has 1 aromatic heterocycles. The summed E-state index contributed by atoms with van der Waals surface area (Å²) in [5.41, 5.74) is 8.44. The molecule has 2 aromatic rings. The molecule has 1 saturated heterocycles. The average Bonchev–Trinajstić information content (AvgIpc) is 2.60. The Hall–Kier alpha value is -1.34. The first-order chi connectivity index (χ1) is 9.96. The van der Waals surface area contributed by atoms with Gasteiger partial charge in [0.25, 0.3) is 0 Å². The Morgan fingerprint density at radius 1 is 1.24 bits per heavy atom. The van der Waals surface area contributed by atoms with E-state index >= 15 is 0 Å². The van der Waals surface area contributed by atoms with Crippen LogP contribution in [0, 0.1) is 0 Å². The summed E-state index contributed by atoms with van der Waals surface area (Å²) in [6.07, 6.45) is 2.27. The minimum atomic E-state index is -2.94. The molecule has 2 heterocycles. The summed E-state index contributed by atoms with van der Waals surface area (Å²) in [6.45, 7) is 1.16. The van der Waals surface area contributed by atoms with Gasteiger partial charge in [-0.05, 0) is 24.6 Å². The predicted octanol–water partition coefficient (Wildman–Crippen LogP) is 2.20. The maximum absolute atomic E-state index is 11.8. The van der Waals surface area contributed by atoms with Crippen molar-refractivity contribution < 1.29 is 8.42 Å². The van der Waals surface area contributed by atoms with Crippen molar-refractivity contribution in [1.29, 1.82) is 0 Å². The molecule has 0 spiro atoms. The molecule has 0 atom stereocenters. The summed E-state index contributed by atoms with van der Waals surface area (Å²) in [6, 6.07) is 5.84. The molecule has 1 aliphatic rings. The molecule has 0 unspecified atom stereocenters. The largest absolute Gasteiger partial charge is 0.396 e. The van der Waals surface area contributed by atoms with E-state index in [4.69, 9.17) is 5.73 Å². The van der Waals surface area contributed by atoms with Crippen LogP contribution in [0.2, 0.25) is 0 Å². The Morgan fingerprint density at radius 3 is 2.86 bits per heavy atom. The lowest BCUT2D eigenvalue weighted by atomic mass is 10.1. The minimum Gasteiger partial charge on any atom is -0.396 e. The fraction of sp³-hybridized carbons (Fsp3) is 0.357. The van der Waals surface area contributed by atoms with Gasteiger partial charge in [-0.3, -0.25) is 4.98 Å². The Morgan fingerprint density at radius 2 is 2.05 bits per heavy atom. The number of nitrogens with two attached hydrogens (primary N) is 1. The van der Waals surface area contributed by atoms with Crippen LogP contribution in [0.3, 0.4) is 0 Å². The molecular weight excluding hydrogens is 354 g/mol. The average molecular weight is 370 g/mol. The fourth-order valence-corrected chi connectivity index (χ4v) is 4.31. The van der Waals surface area contributed by atoms with Gasteiger partial charge < -0.3 is 10.6 Å². The third kappa shape index (κ3) is 2.98. The summed E-state index contributed by atoms with van der Waals surface area (Å²) in [4.78, 5) is 6.40. The zero-order chi connectivity index (χ0) is 15.0. The molecule has 0 amide bonds. The van der Waals surface area contributed by atoms with Crippen LogP contribution in [0.15, 0.2) is 28.9 Å². The topological polar surface area (TPSA) is 76.3 Å². The number of nitrogen functional groups attached to an aromatic ring is 1. The maximum Gasteiger partial charge on any atom is 0.152 e. The van der Waals surface area contributed by atoms with Gasteiger partial charge in [0.05, 0.1) is 34.6 Å². The van der Waals surface area contributed by atoms with Gasteiger partial charge in [-0.15, -0.1) is 0 Å². The molecule has 112 valence electrons. The van der Waals surface area contributed by atoms with Crippen LogP contribution in [0.25, 0.3) is 10.9 Å². The number of pyridine rings is 1. The molecule has 1 aliphatic heterocycles. The van der Waals surface area contributed by atoms with Gasteiger partial charge in [0.15, 0.2) is 9.84 Å². The number of hydrogen-bond acceptors (Lipinski definition) is 5. The van der Waals surface area contributed by atoms with E-state index in [1.54, 1.807) is 6.20 Å². The van der Waals surface area contributed by atoms with Crippen LogP contribution < -0.4 is 10.6 Å². The number of benzene rings is 1. The first-order valence-corrected chi connectivity index (χ1v) is 9.37. The van der Waals surface area contributed by atoms with Crippen LogP contribution in [-0.2, 0) is 9.84 Å². The summed E-state index contributed by atoms with van der Waals surface area (Å²) in [5, 5.41) is 0.948. The second-order valence-electron chi connectivity index (χ2n) is 5.22. The van der Waals surface area contributed by atoms with Crippen molar-refractivity contribution in [1.82, 2.24) is 4.98 Å². The second kappa shape index (κ2) is 5.46. The van der Waals surface area contributed by atoms with Crippen molar-refractivity contribution in [2.45, 2.75) is 6.42 Å².